The van der Waals surface area contributed by atoms with Crippen molar-refractivity contribution in [1.82, 2.24) is 9.38 Å². The Bertz CT molecular complexity index is 699. The third kappa shape index (κ3) is 1.59. The molecule has 0 fully saturated rings. The van der Waals surface area contributed by atoms with Crippen molar-refractivity contribution in [3.05, 3.63) is 41.2 Å². The Hall–Kier alpha value is -1.88. The number of thiazole rings is 1. The van der Waals surface area contributed by atoms with E-state index in [-0.39, 0.29) is 5.82 Å². The molecule has 5 heteroatoms. The number of anilines is 1. The van der Waals surface area contributed by atoms with E-state index in [9.17, 15) is 4.39 Å². The molecule has 0 aliphatic carbocycles. The average Bonchev–Trinajstić information content (AvgIpc) is 2.81. The van der Waals surface area contributed by atoms with Crippen LogP contribution < -0.4 is 5.73 Å². The Kier molecular flexibility index (Phi) is 2.16. The lowest BCUT2D eigenvalue weighted by Gasteiger charge is -2.02. The van der Waals surface area contributed by atoms with Crippen LogP contribution in [0.4, 0.5) is 10.2 Å². The highest BCUT2D eigenvalue weighted by atomic mass is 32.1. The standard InChI is InChI=1S/C12H10FN3S/c1-7-4-8(2-3-9(7)13)10-6-17-12-15-11(14)5-16(10)12/h2-6H,14H2,1H3. The fourth-order valence-electron chi connectivity index (χ4n) is 1.81. The number of nitrogens with zero attached hydrogens (tertiary/aromatic N) is 2. The summed E-state index contributed by atoms with van der Waals surface area (Å²) >= 11 is 1.52. The molecular weight excluding hydrogens is 237 g/mol. The third-order valence-corrected chi connectivity index (χ3v) is 3.52. The Labute approximate surface area is 101 Å². The van der Waals surface area contributed by atoms with Crippen LogP contribution in [0.3, 0.4) is 0 Å². The highest BCUT2D eigenvalue weighted by Gasteiger charge is 2.09. The van der Waals surface area contributed by atoms with Gasteiger partial charge < -0.3 is 5.73 Å². The van der Waals surface area contributed by atoms with Crippen LogP contribution in [0.15, 0.2) is 29.8 Å². The van der Waals surface area contributed by atoms with Crippen molar-refractivity contribution >= 4 is 22.1 Å². The molecule has 86 valence electrons. The minimum absolute atomic E-state index is 0.189. The summed E-state index contributed by atoms with van der Waals surface area (Å²) in [6.07, 6.45) is 1.78. The lowest BCUT2D eigenvalue weighted by Crippen LogP contribution is -1.87. The monoisotopic (exact) mass is 247 g/mol. The summed E-state index contributed by atoms with van der Waals surface area (Å²) in [5.41, 5.74) is 8.23. The molecule has 3 aromatic rings. The van der Waals surface area contributed by atoms with E-state index < -0.39 is 0 Å². The Morgan fingerprint density at radius 3 is 3.00 bits per heavy atom. The van der Waals surface area contributed by atoms with E-state index in [1.54, 1.807) is 19.2 Å². The zero-order chi connectivity index (χ0) is 12.0. The van der Waals surface area contributed by atoms with Gasteiger partial charge >= 0.3 is 0 Å². The van der Waals surface area contributed by atoms with Gasteiger partial charge in [-0.2, -0.15) is 0 Å². The van der Waals surface area contributed by atoms with Crippen LogP contribution in [-0.4, -0.2) is 9.38 Å². The smallest absolute Gasteiger partial charge is 0.196 e. The van der Waals surface area contributed by atoms with Gasteiger partial charge in [-0.1, -0.05) is 0 Å². The van der Waals surface area contributed by atoms with Gasteiger partial charge in [0.15, 0.2) is 4.96 Å². The summed E-state index contributed by atoms with van der Waals surface area (Å²) in [6.45, 7) is 1.75. The van der Waals surface area contributed by atoms with E-state index >= 15 is 0 Å². The lowest BCUT2D eigenvalue weighted by atomic mass is 10.1. The maximum absolute atomic E-state index is 13.2. The molecule has 0 saturated heterocycles. The molecule has 3 nitrogen and oxygen atoms in total. The second-order valence-electron chi connectivity index (χ2n) is 3.90. The van der Waals surface area contributed by atoms with Crippen LogP contribution in [0.2, 0.25) is 0 Å². The highest BCUT2D eigenvalue weighted by molar-refractivity contribution is 7.15. The molecule has 0 radical (unpaired) electrons. The van der Waals surface area contributed by atoms with Crippen molar-refractivity contribution in [3.8, 4) is 11.3 Å². The van der Waals surface area contributed by atoms with Crippen LogP contribution in [-0.2, 0) is 0 Å². The first-order valence-electron chi connectivity index (χ1n) is 5.14. The minimum Gasteiger partial charge on any atom is -0.382 e. The van der Waals surface area contributed by atoms with Crippen molar-refractivity contribution in [2.45, 2.75) is 6.92 Å². The lowest BCUT2D eigenvalue weighted by molar-refractivity contribution is 0.619. The largest absolute Gasteiger partial charge is 0.382 e. The fourth-order valence-corrected chi connectivity index (χ4v) is 2.70. The fraction of sp³-hybridized carbons (Fsp3) is 0.0833. The zero-order valence-corrected chi connectivity index (χ0v) is 9.96. The molecule has 2 N–H and O–H groups in total. The molecule has 0 amide bonds. The van der Waals surface area contributed by atoms with Crippen LogP contribution in [0.5, 0.6) is 0 Å². The van der Waals surface area contributed by atoms with Gasteiger partial charge in [-0.15, -0.1) is 11.3 Å². The van der Waals surface area contributed by atoms with Crippen LogP contribution in [0, 0.1) is 12.7 Å². The number of halogens is 1. The molecular formula is C12H10FN3S. The number of nitrogens with two attached hydrogens (primary N) is 1. The SMILES string of the molecule is Cc1cc(-c2csc3nc(N)cn23)ccc1F. The second kappa shape index (κ2) is 3.56. The van der Waals surface area contributed by atoms with Gasteiger partial charge in [0.05, 0.1) is 11.9 Å². The predicted molar refractivity (Wildman–Crippen MR) is 67.6 cm³/mol. The van der Waals surface area contributed by atoms with Gasteiger partial charge in [0, 0.05) is 5.38 Å². The van der Waals surface area contributed by atoms with Crippen LogP contribution in [0.1, 0.15) is 5.56 Å². The first kappa shape index (κ1) is 10.3. The minimum atomic E-state index is -0.189. The summed E-state index contributed by atoms with van der Waals surface area (Å²) in [5, 5.41) is 1.99. The average molecular weight is 247 g/mol. The van der Waals surface area contributed by atoms with Gasteiger partial charge in [-0.3, -0.25) is 4.40 Å². The van der Waals surface area contributed by atoms with Crippen molar-refractivity contribution in [1.29, 1.82) is 0 Å². The quantitative estimate of drug-likeness (QED) is 0.718. The van der Waals surface area contributed by atoms with E-state index in [0.29, 0.717) is 11.4 Å². The normalized spacial score (nSPS) is 11.2. The number of aromatic nitrogens is 2. The first-order valence-corrected chi connectivity index (χ1v) is 6.02. The zero-order valence-electron chi connectivity index (χ0n) is 9.14. The summed E-state index contributed by atoms with van der Waals surface area (Å²) in [6, 6.07) is 5.07. The van der Waals surface area contributed by atoms with E-state index in [1.807, 2.05) is 15.8 Å². The number of imidazole rings is 1. The number of benzene rings is 1. The van der Waals surface area contributed by atoms with E-state index in [1.165, 1.54) is 17.4 Å². The molecule has 1 aromatic carbocycles. The van der Waals surface area contributed by atoms with Crippen LogP contribution in [0.25, 0.3) is 16.2 Å². The van der Waals surface area contributed by atoms with Crippen molar-refractivity contribution in [2.24, 2.45) is 0 Å². The summed E-state index contributed by atoms with van der Waals surface area (Å²) in [7, 11) is 0. The molecule has 0 aliphatic rings. The molecule has 3 rings (SSSR count). The number of aryl methyl sites for hydroxylation is 1. The number of hydrogen-bond donors (Lipinski definition) is 1. The van der Waals surface area contributed by atoms with E-state index in [2.05, 4.69) is 4.98 Å². The number of hydrogen-bond acceptors (Lipinski definition) is 3. The summed E-state index contributed by atoms with van der Waals surface area (Å²) in [5.74, 6) is 0.308. The Morgan fingerprint density at radius 1 is 1.41 bits per heavy atom. The molecule has 0 bridgehead atoms. The molecule has 0 spiro atoms. The Balaban J connectivity index is 2.22. The first-order chi connectivity index (χ1) is 8.15. The van der Waals surface area contributed by atoms with Gasteiger partial charge in [0.2, 0.25) is 0 Å². The van der Waals surface area contributed by atoms with Gasteiger partial charge in [-0.05, 0) is 36.2 Å². The van der Waals surface area contributed by atoms with E-state index in [0.717, 1.165) is 16.2 Å². The van der Waals surface area contributed by atoms with Gasteiger partial charge in [0.25, 0.3) is 0 Å². The van der Waals surface area contributed by atoms with Crippen molar-refractivity contribution < 1.29 is 4.39 Å². The molecule has 0 atom stereocenters. The summed E-state index contributed by atoms with van der Waals surface area (Å²) in [4.78, 5) is 5.03. The number of nitrogen functional groups attached to an aromatic ring is 1. The maximum Gasteiger partial charge on any atom is 0.196 e. The number of rotatable bonds is 1. The van der Waals surface area contributed by atoms with Gasteiger partial charge in [0.1, 0.15) is 11.6 Å². The van der Waals surface area contributed by atoms with Crippen molar-refractivity contribution in [2.75, 3.05) is 5.73 Å². The molecule has 0 aliphatic heterocycles. The number of fused-ring (bicyclic) bond motifs is 1. The molecule has 0 unspecified atom stereocenters. The highest BCUT2D eigenvalue weighted by Crippen LogP contribution is 2.27. The summed E-state index contributed by atoms with van der Waals surface area (Å²) < 4.78 is 15.1. The van der Waals surface area contributed by atoms with Crippen molar-refractivity contribution in [3.63, 3.8) is 0 Å². The Morgan fingerprint density at radius 2 is 2.24 bits per heavy atom. The molecule has 2 heterocycles. The van der Waals surface area contributed by atoms with E-state index in [4.69, 9.17) is 5.73 Å². The van der Waals surface area contributed by atoms with Crippen LogP contribution >= 0.6 is 11.3 Å². The molecule has 2 aromatic heterocycles. The second-order valence-corrected chi connectivity index (χ2v) is 4.74. The maximum atomic E-state index is 13.2. The third-order valence-electron chi connectivity index (χ3n) is 2.68. The predicted octanol–water partition coefficient (Wildman–Crippen LogP) is 3.09. The van der Waals surface area contributed by atoms with Gasteiger partial charge in [-0.25, -0.2) is 9.37 Å². The molecule has 0 saturated carbocycles. The topological polar surface area (TPSA) is 43.3 Å². The molecule has 17 heavy (non-hydrogen) atoms.